The van der Waals surface area contributed by atoms with E-state index < -0.39 is 52.9 Å². The number of hydrogen-bond donors (Lipinski definition) is 5. The lowest BCUT2D eigenvalue weighted by molar-refractivity contribution is 0.471. The fraction of sp³-hybridized carbons (Fsp3) is 0. The minimum absolute atomic E-state index is 0.149. The van der Waals surface area contributed by atoms with E-state index in [4.69, 9.17) is 10.3 Å². The molecule has 11 nitrogen and oxygen atoms in total. The molecule has 0 amide bonds. The largest absolute Gasteiger partial charge is 0.506 e. The van der Waals surface area contributed by atoms with Gasteiger partial charge >= 0.3 is 0 Å². The minimum atomic E-state index is -4.86. The molecule has 0 aliphatic heterocycles. The number of nitrogen functional groups attached to an aromatic ring is 1. The van der Waals surface area contributed by atoms with E-state index in [1.54, 1.807) is 0 Å². The van der Waals surface area contributed by atoms with Crippen molar-refractivity contribution in [3.8, 4) is 11.5 Å². The molecule has 0 spiro atoms. The Balaban J connectivity index is 2.25. The predicted molar refractivity (Wildman–Crippen MR) is 102 cm³/mol. The van der Waals surface area contributed by atoms with Crippen LogP contribution in [0.2, 0.25) is 0 Å². The van der Waals surface area contributed by atoms with E-state index in [1.165, 1.54) is 18.2 Å². The molecule has 3 aromatic carbocycles. The number of anilines is 1. The summed E-state index contributed by atoms with van der Waals surface area (Å²) in [5.41, 5.74) is 4.82. The zero-order valence-corrected chi connectivity index (χ0v) is 15.9. The standard InChI is InChI=1S/C16H13N3O8S2/c17-9-1-3-11-8(5-9)6-14(29(25,26)27)15(16(11)21)19-18-12-7-10(28(22,23)24)2-4-13(12)20/h1-7,20-21H,17H2,(H,22,23,24)(H,25,26,27). The van der Waals surface area contributed by atoms with Crippen molar-refractivity contribution in [1.82, 2.24) is 0 Å². The van der Waals surface area contributed by atoms with Crippen LogP contribution in [-0.2, 0) is 20.2 Å². The van der Waals surface area contributed by atoms with E-state index in [1.807, 2.05) is 0 Å². The van der Waals surface area contributed by atoms with Crippen LogP contribution in [-0.4, -0.2) is 36.2 Å². The fourth-order valence-electron chi connectivity index (χ4n) is 2.51. The number of phenols is 2. The molecular weight excluding hydrogens is 426 g/mol. The van der Waals surface area contributed by atoms with Gasteiger partial charge in [-0.25, -0.2) is 0 Å². The second kappa shape index (κ2) is 6.97. The SMILES string of the molecule is Nc1ccc2c(O)c(N=Nc3cc(S(=O)(=O)O)ccc3O)c(S(=O)(=O)O)cc2c1. The Labute approximate surface area is 164 Å². The maximum Gasteiger partial charge on any atom is 0.296 e. The molecule has 0 aliphatic rings. The molecule has 0 aliphatic carbocycles. The van der Waals surface area contributed by atoms with Crippen LogP contribution < -0.4 is 5.73 Å². The quantitative estimate of drug-likeness (QED) is 0.230. The number of phenolic OH excluding ortho intramolecular Hbond substituents is 2. The summed E-state index contributed by atoms with van der Waals surface area (Å²) in [4.78, 5) is -1.39. The predicted octanol–water partition coefficient (Wildman–Crippen LogP) is 2.74. The van der Waals surface area contributed by atoms with Crippen molar-refractivity contribution < 1.29 is 36.2 Å². The molecule has 0 saturated heterocycles. The molecule has 0 atom stereocenters. The van der Waals surface area contributed by atoms with E-state index in [0.29, 0.717) is 0 Å². The maximum absolute atomic E-state index is 11.7. The van der Waals surface area contributed by atoms with Crippen LogP contribution >= 0.6 is 0 Å². The Hall–Kier alpha value is -3.26. The first-order valence-corrected chi connectivity index (χ1v) is 10.5. The molecule has 0 saturated carbocycles. The number of aromatic hydroxyl groups is 2. The third-order valence-electron chi connectivity index (χ3n) is 3.86. The molecule has 0 aromatic heterocycles. The number of rotatable bonds is 4. The summed E-state index contributed by atoms with van der Waals surface area (Å²) in [6.45, 7) is 0. The molecule has 0 bridgehead atoms. The summed E-state index contributed by atoms with van der Waals surface area (Å²) in [7, 11) is -9.47. The Morgan fingerprint density at radius 1 is 0.828 bits per heavy atom. The number of fused-ring (bicyclic) bond motifs is 1. The van der Waals surface area contributed by atoms with Gasteiger partial charge in [-0.1, -0.05) is 0 Å². The molecule has 13 heteroatoms. The Morgan fingerprint density at radius 3 is 2.14 bits per heavy atom. The Kier molecular flexibility index (Phi) is 4.92. The topological polar surface area (TPSA) is 200 Å². The molecule has 0 unspecified atom stereocenters. The zero-order valence-electron chi connectivity index (χ0n) is 14.3. The summed E-state index contributed by atoms with van der Waals surface area (Å²) >= 11 is 0. The van der Waals surface area contributed by atoms with Crippen LogP contribution in [0.4, 0.5) is 17.1 Å². The van der Waals surface area contributed by atoms with Crippen molar-refractivity contribution in [3.05, 3.63) is 42.5 Å². The molecule has 152 valence electrons. The number of nitrogens with two attached hydrogens (primary N) is 1. The van der Waals surface area contributed by atoms with Gasteiger partial charge < -0.3 is 15.9 Å². The average Bonchev–Trinajstić information content (AvgIpc) is 2.60. The number of azo groups is 1. The summed E-state index contributed by atoms with van der Waals surface area (Å²) in [6, 6.07) is 7.83. The third kappa shape index (κ3) is 4.12. The molecule has 29 heavy (non-hydrogen) atoms. The van der Waals surface area contributed by atoms with Crippen LogP contribution in [0.5, 0.6) is 11.5 Å². The molecule has 0 fully saturated rings. The molecular formula is C16H13N3O8S2. The molecule has 6 N–H and O–H groups in total. The maximum atomic E-state index is 11.7. The van der Waals surface area contributed by atoms with Crippen molar-refractivity contribution >= 4 is 48.1 Å². The van der Waals surface area contributed by atoms with Crippen molar-refractivity contribution in [1.29, 1.82) is 0 Å². The van der Waals surface area contributed by atoms with Crippen molar-refractivity contribution in [2.45, 2.75) is 9.79 Å². The first-order chi connectivity index (χ1) is 13.4. The number of hydrogen-bond acceptors (Lipinski definition) is 9. The van der Waals surface area contributed by atoms with Gasteiger partial charge in [0.25, 0.3) is 20.2 Å². The van der Waals surface area contributed by atoms with Crippen LogP contribution in [0.3, 0.4) is 0 Å². The van der Waals surface area contributed by atoms with E-state index >= 15 is 0 Å². The molecule has 0 heterocycles. The highest BCUT2D eigenvalue weighted by molar-refractivity contribution is 7.86. The highest BCUT2D eigenvalue weighted by atomic mass is 32.2. The van der Waals surface area contributed by atoms with Crippen LogP contribution in [0, 0.1) is 0 Å². The van der Waals surface area contributed by atoms with Gasteiger partial charge in [-0.15, -0.1) is 10.2 Å². The van der Waals surface area contributed by atoms with Gasteiger partial charge in [0.15, 0.2) is 5.75 Å². The van der Waals surface area contributed by atoms with Gasteiger partial charge in [0, 0.05) is 11.1 Å². The normalized spacial score (nSPS) is 12.6. The second-order valence-corrected chi connectivity index (χ2v) is 8.66. The van der Waals surface area contributed by atoms with Crippen molar-refractivity contribution in [2.24, 2.45) is 10.2 Å². The third-order valence-corrected chi connectivity index (χ3v) is 5.57. The first-order valence-electron chi connectivity index (χ1n) is 7.63. The highest BCUT2D eigenvalue weighted by Crippen LogP contribution is 2.42. The summed E-state index contributed by atoms with van der Waals surface area (Å²) in [6.07, 6.45) is 0. The van der Waals surface area contributed by atoms with E-state index in [-0.39, 0.29) is 16.5 Å². The van der Waals surface area contributed by atoms with Gasteiger partial charge in [-0.05, 0) is 47.9 Å². The summed E-state index contributed by atoms with van der Waals surface area (Å²) < 4.78 is 64.5. The van der Waals surface area contributed by atoms with Gasteiger partial charge in [-0.3, -0.25) is 9.11 Å². The molecule has 3 rings (SSSR count). The zero-order chi connectivity index (χ0) is 21.6. The van der Waals surface area contributed by atoms with Crippen LogP contribution in [0.15, 0.2) is 62.5 Å². The molecule has 0 radical (unpaired) electrons. The summed E-state index contributed by atoms with van der Waals surface area (Å²) in [5.74, 6) is -1.19. The summed E-state index contributed by atoms with van der Waals surface area (Å²) in [5, 5.41) is 27.7. The van der Waals surface area contributed by atoms with Gasteiger partial charge in [0.05, 0.1) is 4.90 Å². The van der Waals surface area contributed by atoms with Crippen molar-refractivity contribution in [2.75, 3.05) is 5.73 Å². The fourth-order valence-corrected chi connectivity index (χ4v) is 3.67. The van der Waals surface area contributed by atoms with Crippen LogP contribution in [0.1, 0.15) is 0 Å². The van der Waals surface area contributed by atoms with Crippen LogP contribution in [0.25, 0.3) is 10.8 Å². The van der Waals surface area contributed by atoms with Gasteiger partial charge in [-0.2, -0.15) is 16.8 Å². The van der Waals surface area contributed by atoms with Gasteiger partial charge in [0.2, 0.25) is 0 Å². The van der Waals surface area contributed by atoms with Crippen molar-refractivity contribution in [3.63, 3.8) is 0 Å². The Bertz CT molecular complexity index is 1380. The van der Waals surface area contributed by atoms with Gasteiger partial charge in [0.1, 0.15) is 22.0 Å². The Morgan fingerprint density at radius 2 is 1.52 bits per heavy atom. The average molecular weight is 439 g/mol. The lowest BCUT2D eigenvalue weighted by atomic mass is 10.1. The minimum Gasteiger partial charge on any atom is -0.506 e. The smallest absolute Gasteiger partial charge is 0.296 e. The first kappa shape index (κ1) is 20.5. The van der Waals surface area contributed by atoms with E-state index in [9.17, 15) is 31.6 Å². The number of nitrogens with zero attached hydrogens (tertiary/aromatic N) is 2. The second-order valence-electron chi connectivity index (χ2n) is 5.85. The highest BCUT2D eigenvalue weighted by Gasteiger charge is 2.22. The lowest BCUT2D eigenvalue weighted by Gasteiger charge is -2.09. The van der Waals surface area contributed by atoms with E-state index in [0.717, 1.165) is 24.3 Å². The lowest BCUT2D eigenvalue weighted by Crippen LogP contribution is -1.99. The molecule has 3 aromatic rings. The van der Waals surface area contributed by atoms with E-state index in [2.05, 4.69) is 10.2 Å². The number of benzene rings is 3. The monoisotopic (exact) mass is 439 g/mol.